The van der Waals surface area contributed by atoms with E-state index in [4.69, 9.17) is 0 Å². The molecule has 0 spiro atoms. The highest BCUT2D eigenvalue weighted by Gasteiger charge is 2.13. The normalized spacial score (nSPS) is 10.2. The largest absolute Gasteiger partial charge is 0.508 e. The Kier molecular flexibility index (Phi) is 3.85. The fraction of sp³-hybridized carbons (Fsp3) is 0.188. The third-order valence-electron chi connectivity index (χ3n) is 3.10. The first-order chi connectivity index (χ1) is 9.08. The van der Waals surface area contributed by atoms with Gasteiger partial charge >= 0.3 is 0 Å². The molecule has 0 aliphatic rings. The van der Waals surface area contributed by atoms with Gasteiger partial charge in [-0.15, -0.1) is 0 Å². The summed E-state index contributed by atoms with van der Waals surface area (Å²) in [5.41, 5.74) is 2.62. The molecule has 19 heavy (non-hydrogen) atoms. The molecule has 2 aromatic rings. The summed E-state index contributed by atoms with van der Waals surface area (Å²) in [4.78, 5) is 13.8. The Bertz CT molecular complexity index is 593. The van der Waals surface area contributed by atoms with Crippen LogP contribution in [0, 0.1) is 6.92 Å². The Hall–Kier alpha value is -2.29. The van der Waals surface area contributed by atoms with Crippen molar-refractivity contribution in [1.82, 2.24) is 0 Å². The first-order valence-electron chi connectivity index (χ1n) is 6.18. The minimum atomic E-state index is -0.0490. The molecule has 0 bridgehead atoms. The zero-order valence-corrected chi connectivity index (χ0v) is 11.1. The van der Waals surface area contributed by atoms with Crippen molar-refractivity contribution in [2.75, 3.05) is 11.9 Å². The van der Waals surface area contributed by atoms with Gasteiger partial charge in [-0.2, -0.15) is 0 Å². The van der Waals surface area contributed by atoms with E-state index in [9.17, 15) is 9.90 Å². The van der Waals surface area contributed by atoms with Gasteiger partial charge in [0.15, 0.2) is 0 Å². The monoisotopic (exact) mass is 255 g/mol. The molecule has 0 fully saturated rings. The number of aryl methyl sites for hydroxylation is 1. The molecule has 0 unspecified atom stereocenters. The Morgan fingerprint density at radius 2 is 1.89 bits per heavy atom. The number of likely N-dealkylation sites (N-methyl/N-ethyl adjacent to an activating group) is 1. The summed E-state index contributed by atoms with van der Waals surface area (Å²) in [5.74, 6) is 0.112. The van der Waals surface area contributed by atoms with E-state index in [1.54, 1.807) is 30.1 Å². The predicted molar refractivity (Wildman–Crippen MR) is 76.4 cm³/mol. The van der Waals surface area contributed by atoms with Gasteiger partial charge in [0, 0.05) is 18.3 Å². The van der Waals surface area contributed by atoms with Crippen molar-refractivity contribution in [3.05, 3.63) is 59.7 Å². The van der Waals surface area contributed by atoms with Crippen LogP contribution < -0.4 is 4.90 Å². The number of para-hydroxylation sites is 1. The summed E-state index contributed by atoms with van der Waals surface area (Å²) < 4.78 is 0. The number of benzene rings is 2. The van der Waals surface area contributed by atoms with Gasteiger partial charge in [0.25, 0.3) is 0 Å². The van der Waals surface area contributed by atoms with E-state index < -0.39 is 0 Å². The van der Waals surface area contributed by atoms with Crippen molar-refractivity contribution in [2.45, 2.75) is 13.3 Å². The van der Waals surface area contributed by atoms with Crippen LogP contribution in [0.15, 0.2) is 48.5 Å². The lowest BCUT2D eigenvalue weighted by molar-refractivity contribution is -0.117. The Balaban J connectivity index is 2.14. The van der Waals surface area contributed by atoms with Crippen LogP contribution in [0.1, 0.15) is 11.1 Å². The molecule has 3 heteroatoms. The zero-order chi connectivity index (χ0) is 13.8. The lowest BCUT2D eigenvalue weighted by Crippen LogP contribution is -2.27. The average Bonchev–Trinajstić information content (AvgIpc) is 2.40. The van der Waals surface area contributed by atoms with Crippen LogP contribution in [0.5, 0.6) is 5.75 Å². The molecule has 0 radical (unpaired) electrons. The molecule has 2 rings (SSSR count). The molecular formula is C16H17NO2. The highest BCUT2D eigenvalue weighted by Crippen LogP contribution is 2.19. The number of carbonyl (C=O) groups excluding carboxylic acids is 1. The summed E-state index contributed by atoms with van der Waals surface area (Å²) in [5, 5.41) is 9.69. The smallest absolute Gasteiger partial charge is 0.231 e. The fourth-order valence-electron chi connectivity index (χ4n) is 1.92. The van der Waals surface area contributed by atoms with E-state index >= 15 is 0 Å². The number of anilines is 1. The second-order valence-electron chi connectivity index (χ2n) is 4.60. The minimum absolute atomic E-state index is 0.0490. The number of rotatable bonds is 3. The molecule has 2 aromatic carbocycles. The van der Waals surface area contributed by atoms with Crippen molar-refractivity contribution in [3.8, 4) is 5.75 Å². The molecule has 0 heterocycles. The van der Waals surface area contributed by atoms with E-state index in [0.717, 1.165) is 11.3 Å². The third-order valence-corrected chi connectivity index (χ3v) is 3.10. The van der Waals surface area contributed by atoms with Crippen LogP contribution in [0.25, 0.3) is 0 Å². The number of aromatic hydroxyl groups is 1. The summed E-state index contributed by atoms with van der Waals surface area (Å²) >= 11 is 0. The molecule has 0 aliphatic carbocycles. The molecule has 1 N–H and O–H groups in total. The third kappa shape index (κ3) is 3.13. The van der Waals surface area contributed by atoms with E-state index in [2.05, 4.69) is 0 Å². The van der Waals surface area contributed by atoms with Crippen molar-refractivity contribution < 1.29 is 9.90 Å². The second-order valence-corrected chi connectivity index (χ2v) is 4.60. The topological polar surface area (TPSA) is 40.5 Å². The molecule has 0 saturated carbocycles. The maximum absolute atomic E-state index is 12.2. The lowest BCUT2D eigenvalue weighted by atomic mass is 10.1. The molecule has 0 saturated heterocycles. The van der Waals surface area contributed by atoms with Crippen LogP contribution in [0.4, 0.5) is 5.69 Å². The van der Waals surface area contributed by atoms with Crippen molar-refractivity contribution in [1.29, 1.82) is 0 Å². The van der Waals surface area contributed by atoms with Gasteiger partial charge in [-0.25, -0.2) is 0 Å². The van der Waals surface area contributed by atoms with Gasteiger partial charge in [-0.05, 0) is 30.7 Å². The Morgan fingerprint density at radius 1 is 1.16 bits per heavy atom. The van der Waals surface area contributed by atoms with Crippen LogP contribution in [-0.4, -0.2) is 18.1 Å². The molecule has 0 aromatic heterocycles. The summed E-state index contributed by atoms with van der Waals surface area (Å²) in [6.45, 7) is 1.99. The molecule has 0 atom stereocenters. The van der Waals surface area contributed by atoms with Crippen molar-refractivity contribution in [3.63, 3.8) is 0 Å². The molecule has 98 valence electrons. The number of hydrogen-bond acceptors (Lipinski definition) is 2. The van der Waals surface area contributed by atoms with E-state index in [0.29, 0.717) is 5.56 Å². The van der Waals surface area contributed by atoms with E-state index in [-0.39, 0.29) is 18.1 Å². The Labute approximate surface area is 113 Å². The zero-order valence-electron chi connectivity index (χ0n) is 11.1. The number of phenolic OH excluding ortho intramolecular Hbond substituents is 1. The second kappa shape index (κ2) is 5.57. The SMILES string of the molecule is Cc1cccc(N(C)C(=O)Cc2ccccc2O)c1. The highest BCUT2D eigenvalue weighted by molar-refractivity contribution is 5.94. The van der Waals surface area contributed by atoms with Crippen LogP contribution in [0.2, 0.25) is 0 Å². The predicted octanol–water partition coefficient (Wildman–Crippen LogP) is 2.91. The fourth-order valence-corrected chi connectivity index (χ4v) is 1.92. The van der Waals surface area contributed by atoms with E-state index in [1.807, 2.05) is 37.3 Å². The summed E-state index contributed by atoms with van der Waals surface area (Å²) in [6, 6.07) is 14.7. The minimum Gasteiger partial charge on any atom is -0.508 e. The maximum Gasteiger partial charge on any atom is 0.231 e. The first kappa shape index (κ1) is 13.1. The average molecular weight is 255 g/mol. The van der Waals surface area contributed by atoms with Gasteiger partial charge in [0.1, 0.15) is 5.75 Å². The van der Waals surface area contributed by atoms with Crippen molar-refractivity contribution >= 4 is 11.6 Å². The summed E-state index contributed by atoms with van der Waals surface area (Å²) in [7, 11) is 1.75. The van der Waals surface area contributed by atoms with Crippen molar-refractivity contribution in [2.24, 2.45) is 0 Å². The maximum atomic E-state index is 12.2. The van der Waals surface area contributed by atoms with Crippen LogP contribution in [-0.2, 0) is 11.2 Å². The Morgan fingerprint density at radius 3 is 2.58 bits per heavy atom. The summed E-state index contributed by atoms with van der Waals surface area (Å²) in [6.07, 6.45) is 0.192. The number of nitrogens with zero attached hydrogens (tertiary/aromatic N) is 1. The van der Waals surface area contributed by atoms with Gasteiger partial charge in [-0.1, -0.05) is 30.3 Å². The van der Waals surface area contributed by atoms with E-state index in [1.165, 1.54) is 0 Å². The van der Waals surface area contributed by atoms with Crippen LogP contribution >= 0.6 is 0 Å². The number of amides is 1. The van der Waals surface area contributed by atoms with Gasteiger partial charge in [-0.3, -0.25) is 4.79 Å². The first-order valence-corrected chi connectivity index (χ1v) is 6.18. The molecule has 3 nitrogen and oxygen atoms in total. The number of carbonyl (C=O) groups is 1. The highest BCUT2D eigenvalue weighted by atomic mass is 16.3. The van der Waals surface area contributed by atoms with Gasteiger partial charge in [0.2, 0.25) is 5.91 Å². The number of phenols is 1. The molecule has 1 amide bonds. The quantitative estimate of drug-likeness (QED) is 0.916. The van der Waals surface area contributed by atoms with Gasteiger partial charge < -0.3 is 10.0 Å². The number of hydrogen-bond donors (Lipinski definition) is 1. The lowest BCUT2D eigenvalue weighted by Gasteiger charge is -2.18. The molecule has 0 aliphatic heterocycles. The molecular weight excluding hydrogens is 238 g/mol. The van der Waals surface area contributed by atoms with Gasteiger partial charge in [0.05, 0.1) is 6.42 Å². The van der Waals surface area contributed by atoms with Crippen LogP contribution in [0.3, 0.4) is 0 Å². The standard InChI is InChI=1S/C16H17NO2/c1-12-6-5-8-14(10-12)17(2)16(19)11-13-7-3-4-9-15(13)18/h3-10,18H,11H2,1-2H3.